The topological polar surface area (TPSA) is 18.5 Å². The van der Waals surface area contributed by atoms with Gasteiger partial charge in [0.25, 0.3) is 0 Å². The zero-order valence-corrected chi connectivity index (χ0v) is 22.4. The molecule has 24 heavy (non-hydrogen) atoms. The smallest absolute Gasteiger partial charge is 0.216 e. The van der Waals surface area contributed by atoms with E-state index in [9.17, 15) is 0 Å². The summed E-state index contributed by atoms with van der Waals surface area (Å²) >= 11 is 0. The summed E-state index contributed by atoms with van der Waals surface area (Å²) in [5.74, 6) is 0. The third-order valence-corrected chi connectivity index (χ3v) is 22.4. The molecular weight excluding hydrogens is 344 g/mol. The van der Waals surface area contributed by atoms with E-state index in [1.165, 1.54) is 0 Å². The van der Waals surface area contributed by atoms with Crippen molar-refractivity contribution in [1.82, 2.24) is 0 Å². The molecule has 0 aliphatic rings. The third kappa shape index (κ3) is 5.06. The van der Waals surface area contributed by atoms with Crippen LogP contribution in [0.15, 0.2) is 0 Å². The first-order valence-corrected chi connectivity index (χ1v) is 18.4. The molecule has 146 valence electrons. The van der Waals surface area contributed by atoms with Gasteiger partial charge < -0.3 is 8.85 Å². The van der Waals surface area contributed by atoms with Gasteiger partial charge in [-0.25, -0.2) is 0 Å². The molecule has 0 aliphatic carbocycles. The summed E-state index contributed by atoms with van der Waals surface area (Å²) in [6, 6.07) is 0. The first-order chi connectivity index (χ1) is 10.1. The molecule has 5 heteroatoms. The minimum absolute atomic E-state index is 0.0506. The first kappa shape index (κ1) is 24.6. The minimum atomic E-state index is -2.06. The van der Waals surface area contributed by atoms with Crippen molar-refractivity contribution < 1.29 is 8.85 Å². The third-order valence-electron chi connectivity index (χ3n) is 7.27. The van der Waals surface area contributed by atoms with Crippen LogP contribution >= 0.6 is 0 Å². The Labute approximate surface area is 156 Å². The zero-order valence-electron chi connectivity index (χ0n) is 19.4. The van der Waals surface area contributed by atoms with Crippen LogP contribution in [0, 0.1) is 0 Å². The second kappa shape index (κ2) is 6.95. The highest BCUT2D eigenvalue weighted by molar-refractivity contribution is 6.83. The lowest BCUT2D eigenvalue weighted by molar-refractivity contribution is 0.0939. The highest BCUT2D eigenvalue weighted by atomic mass is 28.4. The molecule has 0 aromatic carbocycles. The number of hydrogen-bond acceptors (Lipinski definition) is 2. The van der Waals surface area contributed by atoms with Gasteiger partial charge in [0.2, 0.25) is 8.32 Å². The van der Waals surface area contributed by atoms with Crippen LogP contribution in [0.5, 0.6) is 0 Å². The van der Waals surface area contributed by atoms with E-state index >= 15 is 0 Å². The van der Waals surface area contributed by atoms with E-state index in [1.807, 2.05) is 0 Å². The van der Waals surface area contributed by atoms with Crippen molar-refractivity contribution >= 4 is 24.7 Å². The van der Waals surface area contributed by atoms with Crippen LogP contribution in [0.2, 0.25) is 49.9 Å². The van der Waals surface area contributed by atoms with Crippen LogP contribution in [0.1, 0.15) is 62.3 Å². The quantitative estimate of drug-likeness (QED) is 0.436. The van der Waals surface area contributed by atoms with Crippen LogP contribution in [0.4, 0.5) is 0 Å². The molecule has 0 spiro atoms. The summed E-state index contributed by atoms with van der Waals surface area (Å²) in [6.07, 6.45) is 0. The summed E-state index contributed by atoms with van der Waals surface area (Å²) < 4.78 is 13.8. The molecular formula is C19H46O2Si3. The Morgan fingerprint density at radius 1 is 0.583 bits per heavy atom. The Hall–Kier alpha value is 0.571. The van der Waals surface area contributed by atoms with E-state index in [4.69, 9.17) is 8.85 Å². The largest absolute Gasteiger partial charge is 0.412 e. The van der Waals surface area contributed by atoms with Gasteiger partial charge in [-0.2, -0.15) is 0 Å². The molecule has 0 rings (SSSR count). The van der Waals surface area contributed by atoms with Gasteiger partial charge in [0.1, 0.15) is 0 Å². The van der Waals surface area contributed by atoms with Crippen LogP contribution in [-0.4, -0.2) is 35.2 Å². The molecule has 0 aliphatic heterocycles. The van der Waals surface area contributed by atoms with Crippen LogP contribution in [0.25, 0.3) is 0 Å². The number of rotatable bonds is 7. The summed E-state index contributed by atoms with van der Waals surface area (Å²) in [4.78, 5) is 0. The lowest BCUT2D eigenvalue weighted by atomic mass is 10.2. The molecule has 0 unspecified atom stereocenters. The molecule has 0 heterocycles. The Balaban J connectivity index is 5.58. The van der Waals surface area contributed by atoms with Gasteiger partial charge in [0, 0.05) is 5.22 Å². The SMILES string of the molecule is CC(C)[Si](C)(C)C(C)(C)O[Si](C)(C)C(C)(C)O[Si](C)(C)C(C)(C)C. The van der Waals surface area contributed by atoms with Gasteiger partial charge >= 0.3 is 0 Å². The molecule has 0 saturated heterocycles. The average Bonchev–Trinajstić information content (AvgIpc) is 2.23. The van der Waals surface area contributed by atoms with Crippen LogP contribution < -0.4 is 0 Å². The monoisotopic (exact) mass is 390 g/mol. The standard InChI is InChI=1S/C19H46O2Si3/c1-16(2)22(10,11)18(6,7)20-24(14,15)19(8,9)21-23(12,13)17(3,4)5/h16H,1-15H3. The maximum absolute atomic E-state index is 6.97. The zero-order chi connectivity index (χ0) is 20.0. The van der Waals surface area contributed by atoms with Crippen LogP contribution in [0.3, 0.4) is 0 Å². The lowest BCUT2D eigenvalue weighted by Crippen LogP contribution is -2.66. The van der Waals surface area contributed by atoms with Crippen LogP contribution in [-0.2, 0) is 8.85 Å². The van der Waals surface area contributed by atoms with Gasteiger partial charge in [0.05, 0.1) is 13.3 Å². The Kier molecular flexibility index (Phi) is 7.11. The normalized spacial score (nSPS) is 16.0. The summed E-state index contributed by atoms with van der Waals surface area (Å²) in [6.45, 7) is 35.1. The Bertz CT molecular complexity index is 430. The minimum Gasteiger partial charge on any atom is -0.412 e. The molecule has 0 radical (unpaired) electrons. The van der Waals surface area contributed by atoms with Gasteiger partial charge in [0.15, 0.2) is 8.32 Å². The summed E-state index contributed by atoms with van der Waals surface area (Å²) in [7, 11) is -5.41. The second-order valence-corrected chi connectivity index (χ2v) is 26.3. The van der Waals surface area contributed by atoms with Crippen molar-refractivity contribution in [3.8, 4) is 0 Å². The lowest BCUT2D eigenvalue weighted by Gasteiger charge is -2.53. The van der Waals surface area contributed by atoms with Crippen molar-refractivity contribution in [2.45, 2.75) is 123 Å². The maximum atomic E-state index is 6.97. The van der Waals surface area contributed by atoms with E-state index in [0.29, 0.717) is 5.54 Å². The van der Waals surface area contributed by atoms with Crippen molar-refractivity contribution in [1.29, 1.82) is 0 Å². The Morgan fingerprint density at radius 2 is 0.917 bits per heavy atom. The fourth-order valence-electron chi connectivity index (χ4n) is 2.50. The molecule has 0 aromatic heterocycles. The van der Waals surface area contributed by atoms with Crippen molar-refractivity contribution in [2.75, 3.05) is 0 Å². The van der Waals surface area contributed by atoms with E-state index in [-0.39, 0.29) is 15.5 Å². The van der Waals surface area contributed by atoms with Gasteiger partial charge in [-0.1, -0.05) is 47.7 Å². The molecule has 0 atom stereocenters. The highest BCUT2D eigenvalue weighted by Crippen LogP contribution is 2.43. The summed E-state index contributed by atoms with van der Waals surface area (Å²) in [5.41, 5.74) is 0.696. The van der Waals surface area contributed by atoms with Crippen molar-refractivity contribution in [3.05, 3.63) is 0 Å². The van der Waals surface area contributed by atoms with E-state index in [2.05, 4.69) is 102 Å². The number of hydrogen-bond donors (Lipinski definition) is 0. The molecule has 0 amide bonds. The average molecular weight is 391 g/mol. The van der Waals surface area contributed by atoms with Gasteiger partial charge in [-0.3, -0.25) is 0 Å². The molecule has 0 aromatic rings. The predicted octanol–water partition coefficient (Wildman–Crippen LogP) is 6.98. The molecule has 0 fully saturated rings. The summed E-state index contributed by atoms with van der Waals surface area (Å²) in [5, 5.41) is -0.0318. The van der Waals surface area contributed by atoms with Gasteiger partial charge in [-0.05, 0) is 64.5 Å². The van der Waals surface area contributed by atoms with E-state index in [1.54, 1.807) is 0 Å². The van der Waals surface area contributed by atoms with Gasteiger partial charge in [-0.15, -0.1) is 0 Å². The fourth-order valence-corrected chi connectivity index (χ4v) is 10.6. The predicted molar refractivity (Wildman–Crippen MR) is 118 cm³/mol. The van der Waals surface area contributed by atoms with Crippen molar-refractivity contribution in [3.63, 3.8) is 0 Å². The first-order valence-electron chi connectivity index (χ1n) is 9.51. The fraction of sp³-hybridized carbons (Fsp3) is 1.00. The molecule has 2 nitrogen and oxygen atoms in total. The molecule has 0 bridgehead atoms. The second-order valence-electron chi connectivity index (χ2n) is 11.4. The van der Waals surface area contributed by atoms with E-state index < -0.39 is 24.7 Å². The Morgan fingerprint density at radius 3 is 1.21 bits per heavy atom. The molecule has 0 saturated carbocycles. The molecule has 0 N–H and O–H groups in total. The van der Waals surface area contributed by atoms with Crippen molar-refractivity contribution in [2.24, 2.45) is 0 Å². The highest BCUT2D eigenvalue weighted by Gasteiger charge is 2.53. The maximum Gasteiger partial charge on any atom is 0.216 e. The van der Waals surface area contributed by atoms with E-state index in [0.717, 1.165) is 0 Å².